The Labute approximate surface area is 154 Å². The van der Waals surface area contributed by atoms with Crippen LogP contribution in [0.3, 0.4) is 0 Å². The molecule has 2 aromatic carbocycles. The lowest BCUT2D eigenvalue weighted by molar-refractivity contribution is 0.481. The molecule has 3 rings (SSSR count). The average molecular weight is 371 g/mol. The highest BCUT2D eigenvalue weighted by Crippen LogP contribution is 2.34. The van der Waals surface area contributed by atoms with Crippen molar-refractivity contribution in [3.63, 3.8) is 0 Å². The second kappa shape index (κ2) is 7.45. The number of nitrogens with two attached hydrogens (primary N) is 1. The van der Waals surface area contributed by atoms with Gasteiger partial charge in [-0.25, -0.2) is 0 Å². The molecule has 0 fully saturated rings. The van der Waals surface area contributed by atoms with Crippen molar-refractivity contribution in [1.29, 1.82) is 0 Å². The fraction of sp³-hybridized carbons (Fsp3) is 0.200. The molecule has 1 unspecified atom stereocenters. The molecular weight excluding hydrogens is 348 g/mol. The predicted molar refractivity (Wildman–Crippen MR) is 105 cm³/mol. The van der Waals surface area contributed by atoms with Crippen molar-refractivity contribution in [2.24, 2.45) is 5.73 Å². The van der Waals surface area contributed by atoms with E-state index in [0.717, 1.165) is 11.3 Å². The molecule has 0 bridgehead atoms. The molecule has 1 aliphatic rings. The summed E-state index contributed by atoms with van der Waals surface area (Å²) in [6.07, 6.45) is 5.40. The van der Waals surface area contributed by atoms with Gasteiger partial charge in [0.2, 0.25) is 0 Å². The Kier molecular flexibility index (Phi) is 5.27. The number of sulfonamides is 1. The third-order valence-electron chi connectivity index (χ3n) is 4.50. The monoisotopic (exact) mass is 371 g/mol. The Hall–Kier alpha value is -2.41. The van der Waals surface area contributed by atoms with E-state index in [0.29, 0.717) is 24.5 Å². The molecule has 0 radical (unpaired) electrons. The Morgan fingerprint density at radius 1 is 1.04 bits per heavy atom. The maximum absolute atomic E-state index is 12.9. The molecule has 26 heavy (non-hydrogen) atoms. The van der Waals surface area contributed by atoms with Gasteiger partial charge in [0.05, 0.1) is 5.75 Å². The molecule has 0 aromatic heterocycles. The molecular formula is C20H23N2O3S+. The molecule has 0 amide bonds. The number of quaternary nitrogens is 1. The highest BCUT2D eigenvalue weighted by atomic mass is 32.2. The summed E-state index contributed by atoms with van der Waals surface area (Å²) in [4.78, 5) is 0. The van der Waals surface area contributed by atoms with Gasteiger partial charge < -0.3 is 10.5 Å². The Bertz CT molecular complexity index is 919. The second-order valence-electron chi connectivity index (χ2n) is 6.06. The maximum atomic E-state index is 12.9. The van der Waals surface area contributed by atoms with Crippen LogP contribution in [0.1, 0.15) is 6.92 Å². The van der Waals surface area contributed by atoms with Crippen LogP contribution in [0.4, 0.5) is 5.69 Å². The molecule has 0 spiro atoms. The van der Waals surface area contributed by atoms with Crippen LogP contribution in [0.15, 0.2) is 78.5 Å². The Balaban J connectivity index is 1.94. The van der Waals surface area contributed by atoms with Crippen LogP contribution >= 0.6 is 0 Å². The van der Waals surface area contributed by atoms with Crippen molar-refractivity contribution in [1.82, 2.24) is 3.89 Å². The summed E-state index contributed by atoms with van der Waals surface area (Å²) in [6.45, 7) is 2.39. The van der Waals surface area contributed by atoms with Crippen LogP contribution < -0.4 is 14.4 Å². The zero-order valence-corrected chi connectivity index (χ0v) is 15.5. The van der Waals surface area contributed by atoms with Crippen molar-refractivity contribution >= 4 is 15.7 Å². The van der Waals surface area contributed by atoms with Gasteiger partial charge in [0.1, 0.15) is 24.2 Å². The first-order valence-corrected chi connectivity index (χ1v) is 10.1. The minimum absolute atomic E-state index is 0.0470. The molecule has 0 saturated carbocycles. The van der Waals surface area contributed by atoms with E-state index in [1.54, 1.807) is 43.5 Å². The number of ether oxygens (including phenoxy) is 1. The van der Waals surface area contributed by atoms with Crippen LogP contribution in [-0.4, -0.2) is 27.3 Å². The number of rotatable bonds is 6. The van der Waals surface area contributed by atoms with Crippen molar-refractivity contribution in [3.8, 4) is 11.5 Å². The summed E-state index contributed by atoms with van der Waals surface area (Å²) in [5, 5.41) is 0. The molecule has 5 nitrogen and oxygen atoms in total. The largest absolute Gasteiger partial charge is 0.457 e. The molecule has 1 atom stereocenters. The Morgan fingerprint density at radius 3 is 2.23 bits per heavy atom. The number of para-hydroxylation sites is 1. The van der Waals surface area contributed by atoms with Gasteiger partial charge in [-0.05, 0) is 48.9 Å². The number of hydrogen-bond acceptors (Lipinski definition) is 4. The highest BCUT2D eigenvalue weighted by molar-refractivity contribution is 7.91. The maximum Gasteiger partial charge on any atom is 0.306 e. The van der Waals surface area contributed by atoms with Crippen LogP contribution in [-0.2, 0) is 10.0 Å². The lowest BCUT2D eigenvalue weighted by Gasteiger charge is -2.33. The van der Waals surface area contributed by atoms with Crippen molar-refractivity contribution in [3.05, 3.63) is 78.5 Å². The van der Waals surface area contributed by atoms with Gasteiger partial charge in [-0.1, -0.05) is 18.2 Å². The van der Waals surface area contributed by atoms with E-state index in [4.69, 9.17) is 10.5 Å². The topological polar surface area (TPSA) is 69.4 Å². The first-order chi connectivity index (χ1) is 12.5. The van der Waals surface area contributed by atoms with E-state index in [-0.39, 0.29) is 9.64 Å². The Morgan fingerprint density at radius 2 is 1.69 bits per heavy atom. The molecule has 0 aliphatic carbocycles. The zero-order valence-electron chi connectivity index (χ0n) is 14.7. The van der Waals surface area contributed by atoms with Crippen molar-refractivity contribution < 1.29 is 13.2 Å². The minimum Gasteiger partial charge on any atom is -0.457 e. The quantitative estimate of drug-likeness (QED) is 0.789. The van der Waals surface area contributed by atoms with Gasteiger partial charge in [0.15, 0.2) is 5.69 Å². The second-order valence-corrected chi connectivity index (χ2v) is 8.45. The molecule has 1 aliphatic heterocycles. The van der Waals surface area contributed by atoms with E-state index in [1.807, 2.05) is 36.4 Å². The average Bonchev–Trinajstić information content (AvgIpc) is 2.69. The number of hydrogen-bond donors (Lipinski definition) is 1. The summed E-state index contributed by atoms with van der Waals surface area (Å²) in [6, 6.07) is 16.7. The first-order valence-electron chi connectivity index (χ1n) is 8.53. The summed E-state index contributed by atoms with van der Waals surface area (Å²) >= 11 is 0. The third-order valence-corrected chi connectivity index (χ3v) is 6.71. The van der Waals surface area contributed by atoms with Crippen LogP contribution in [0, 0.1) is 0 Å². The summed E-state index contributed by atoms with van der Waals surface area (Å²) < 4.78 is 31.3. The molecule has 136 valence electrons. The van der Waals surface area contributed by atoms with E-state index in [2.05, 4.69) is 0 Å². The zero-order chi connectivity index (χ0) is 18.6. The van der Waals surface area contributed by atoms with E-state index in [9.17, 15) is 8.42 Å². The van der Waals surface area contributed by atoms with Gasteiger partial charge in [0.25, 0.3) is 0 Å². The summed E-state index contributed by atoms with van der Waals surface area (Å²) in [5.74, 6) is 1.44. The lowest BCUT2D eigenvalue weighted by atomic mass is 10.1. The van der Waals surface area contributed by atoms with Crippen molar-refractivity contribution in [2.45, 2.75) is 6.92 Å². The lowest BCUT2D eigenvalue weighted by Crippen LogP contribution is -2.51. The minimum atomic E-state index is -3.41. The molecule has 1 heterocycles. The normalized spacial score (nSPS) is 19.8. The number of nitrogens with zero attached hydrogens (tertiary/aromatic N) is 1. The molecule has 2 N–H and O–H groups in total. The molecule has 2 aromatic rings. The SMILES string of the molecule is CCS(=O)(=O)[N+]1(c2ccc(Oc3ccccc3)cc2)C=CC(CN)=CC1. The van der Waals surface area contributed by atoms with Gasteiger partial charge in [-0.3, -0.25) is 0 Å². The van der Waals surface area contributed by atoms with Gasteiger partial charge in [-0.15, -0.1) is 0 Å². The van der Waals surface area contributed by atoms with Gasteiger partial charge in [0, 0.05) is 18.7 Å². The predicted octanol–water partition coefficient (Wildman–Crippen LogP) is 3.55. The summed E-state index contributed by atoms with van der Waals surface area (Å²) in [5.41, 5.74) is 7.29. The van der Waals surface area contributed by atoms with Crippen molar-refractivity contribution in [2.75, 3.05) is 18.8 Å². The summed E-state index contributed by atoms with van der Waals surface area (Å²) in [7, 11) is -3.41. The number of benzene rings is 2. The van der Waals surface area contributed by atoms with Crippen LogP contribution in [0.5, 0.6) is 11.5 Å². The fourth-order valence-corrected chi connectivity index (χ4v) is 4.38. The smallest absolute Gasteiger partial charge is 0.306 e. The van der Waals surface area contributed by atoms with Gasteiger partial charge in [-0.2, -0.15) is 12.3 Å². The van der Waals surface area contributed by atoms with Gasteiger partial charge >= 0.3 is 10.0 Å². The van der Waals surface area contributed by atoms with Crippen LogP contribution in [0.25, 0.3) is 0 Å². The van der Waals surface area contributed by atoms with Crippen LogP contribution in [0.2, 0.25) is 0 Å². The van der Waals surface area contributed by atoms with E-state index < -0.39 is 10.0 Å². The fourth-order valence-electron chi connectivity index (χ4n) is 2.93. The van der Waals surface area contributed by atoms with E-state index in [1.165, 1.54) is 0 Å². The standard InChI is InChI=1S/C20H23N2O3S/c1-2-26(23,24)22(14-12-17(16-21)13-15-22)18-8-10-20(11-9-18)25-19-6-4-3-5-7-19/h3-14H,2,15-16,21H2,1H3/q+1. The third kappa shape index (κ3) is 3.44. The molecule has 6 heteroatoms. The molecule has 0 saturated heterocycles. The first kappa shape index (κ1) is 18.4. The highest BCUT2D eigenvalue weighted by Gasteiger charge is 2.41. The van der Waals surface area contributed by atoms with E-state index >= 15 is 0 Å².